The van der Waals surface area contributed by atoms with Gasteiger partial charge in [-0.3, -0.25) is 14.4 Å². The highest BCUT2D eigenvalue weighted by atomic mass is 32.1. The summed E-state index contributed by atoms with van der Waals surface area (Å²) in [5.74, 6) is -0.512. The first-order chi connectivity index (χ1) is 11.8. The van der Waals surface area contributed by atoms with Crippen molar-refractivity contribution in [2.75, 3.05) is 5.32 Å². The lowest BCUT2D eigenvalue weighted by atomic mass is 10.1. The number of hydrogen-bond acceptors (Lipinski definition) is 5. The first kappa shape index (κ1) is 18.9. The number of rotatable bonds is 8. The van der Waals surface area contributed by atoms with Crippen molar-refractivity contribution in [3.05, 3.63) is 45.6 Å². The van der Waals surface area contributed by atoms with Crippen molar-refractivity contribution in [1.82, 2.24) is 0 Å². The maximum absolute atomic E-state index is 12.0. The predicted octanol–water partition coefficient (Wildman–Crippen LogP) is 4.02. The van der Waals surface area contributed by atoms with E-state index in [9.17, 15) is 19.5 Å². The van der Waals surface area contributed by atoms with Crippen LogP contribution in [-0.4, -0.2) is 22.6 Å². The highest BCUT2D eigenvalue weighted by Crippen LogP contribution is 2.24. The van der Waals surface area contributed by atoms with Gasteiger partial charge in [-0.2, -0.15) is 0 Å². The van der Waals surface area contributed by atoms with E-state index in [1.54, 1.807) is 18.2 Å². The summed E-state index contributed by atoms with van der Waals surface area (Å²) >= 11 is 1.42. The summed E-state index contributed by atoms with van der Waals surface area (Å²) in [4.78, 5) is 37.5. The smallest absolute Gasteiger partial charge is 0.224 e. The van der Waals surface area contributed by atoms with Gasteiger partial charge in [-0.25, -0.2) is 0 Å². The first-order valence-electron chi connectivity index (χ1n) is 8.06. The monoisotopic (exact) mass is 359 g/mol. The fourth-order valence-electron chi connectivity index (χ4n) is 2.30. The zero-order valence-electron chi connectivity index (χ0n) is 14.3. The van der Waals surface area contributed by atoms with Crippen molar-refractivity contribution < 1.29 is 19.5 Å². The van der Waals surface area contributed by atoms with E-state index in [1.807, 2.05) is 19.9 Å². The summed E-state index contributed by atoms with van der Waals surface area (Å²) in [5, 5.41) is 12.3. The molecule has 2 N–H and O–H groups in total. The molecule has 1 aromatic carbocycles. The molecular formula is C19H21NO4S. The van der Waals surface area contributed by atoms with E-state index in [4.69, 9.17) is 0 Å². The van der Waals surface area contributed by atoms with Crippen LogP contribution in [-0.2, 0) is 9.59 Å². The molecule has 0 fully saturated rings. The highest BCUT2D eigenvalue weighted by Gasteiger charge is 2.13. The number of carbonyl (C=O) groups is 3. The molecular weight excluding hydrogens is 338 g/mol. The minimum Gasteiger partial charge on any atom is -0.506 e. The zero-order valence-corrected chi connectivity index (χ0v) is 15.1. The number of phenolic OH excluding ortho intramolecular Hbond substituents is 1. The standard InChI is InChI=1S/C19H21NO4S/c1-12-3-7-16(22)15(11-12)20-19(24)10-6-14(21)5-8-17(23)18-9-4-13(2)25-18/h3-4,7,9,11,22H,5-6,8,10H2,1-2H3,(H,20,24). The van der Waals surface area contributed by atoms with Crippen LogP contribution >= 0.6 is 11.3 Å². The van der Waals surface area contributed by atoms with Crippen LogP contribution in [0.2, 0.25) is 0 Å². The molecule has 1 aromatic heterocycles. The van der Waals surface area contributed by atoms with Crippen LogP contribution < -0.4 is 5.32 Å². The minimum absolute atomic E-state index is 0.0119. The number of amides is 1. The fourth-order valence-corrected chi connectivity index (χ4v) is 3.14. The second-order valence-electron chi connectivity index (χ2n) is 5.94. The number of ketones is 2. The highest BCUT2D eigenvalue weighted by molar-refractivity contribution is 7.14. The number of benzene rings is 1. The van der Waals surface area contributed by atoms with Crippen molar-refractivity contribution >= 4 is 34.5 Å². The van der Waals surface area contributed by atoms with Crippen molar-refractivity contribution in [2.45, 2.75) is 39.5 Å². The number of hydrogen-bond donors (Lipinski definition) is 2. The lowest BCUT2D eigenvalue weighted by Gasteiger charge is -2.08. The lowest BCUT2D eigenvalue weighted by Crippen LogP contribution is -2.14. The Hall–Kier alpha value is -2.47. The van der Waals surface area contributed by atoms with Crippen LogP contribution in [0.4, 0.5) is 5.69 Å². The molecule has 2 rings (SSSR count). The SMILES string of the molecule is Cc1ccc(O)c(NC(=O)CCC(=O)CCC(=O)c2ccc(C)s2)c1. The van der Waals surface area contributed by atoms with Crippen molar-refractivity contribution in [3.63, 3.8) is 0 Å². The van der Waals surface area contributed by atoms with E-state index in [2.05, 4.69) is 5.32 Å². The molecule has 0 bridgehead atoms. The predicted molar refractivity (Wildman–Crippen MR) is 98.3 cm³/mol. The van der Waals surface area contributed by atoms with Gasteiger partial charge in [0.1, 0.15) is 11.5 Å². The third-order valence-electron chi connectivity index (χ3n) is 3.70. The Morgan fingerprint density at radius 2 is 1.72 bits per heavy atom. The Labute approximate surface area is 150 Å². The fraction of sp³-hybridized carbons (Fsp3) is 0.316. The summed E-state index contributed by atoms with van der Waals surface area (Å²) in [6, 6.07) is 8.56. The Kier molecular flexibility index (Phi) is 6.47. The molecule has 0 atom stereocenters. The van der Waals surface area contributed by atoms with Gasteiger partial charge >= 0.3 is 0 Å². The third kappa shape index (κ3) is 5.83. The van der Waals surface area contributed by atoms with Gasteiger partial charge in [-0.15, -0.1) is 11.3 Å². The van der Waals surface area contributed by atoms with E-state index in [0.717, 1.165) is 10.4 Å². The molecule has 132 valence electrons. The van der Waals surface area contributed by atoms with E-state index in [0.29, 0.717) is 10.6 Å². The Bertz CT molecular complexity index is 794. The summed E-state index contributed by atoms with van der Waals surface area (Å²) in [6.07, 6.45) is 0.408. The molecule has 0 aliphatic heterocycles. The van der Waals surface area contributed by atoms with Crippen LogP contribution in [0.3, 0.4) is 0 Å². The number of phenols is 1. The number of thiophene rings is 1. The molecule has 25 heavy (non-hydrogen) atoms. The molecule has 1 amide bonds. The average Bonchev–Trinajstić information content (AvgIpc) is 3.00. The average molecular weight is 359 g/mol. The Morgan fingerprint density at radius 3 is 2.40 bits per heavy atom. The zero-order chi connectivity index (χ0) is 18.4. The quantitative estimate of drug-likeness (QED) is 0.551. The number of Topliss-reactive ketones (excluding diaryl/α,β-unsaturated/α-hetero) is 2. The number of aromatic hydroxyl groups is 1. The van der Waals surface area contributed by atoms with E-state index in [1.165, 1.54) is 17.4 Å². The van der Waals surface area contributed by atoms with Crippen LogP contribution in [0.1, 0.15) is 45.8 Å². The van der Waals surface area contributed by atoms with Gasteiger partial charge in [-0.05, 0) is 43.7 Å². The molecule has 1 heterocycles. The van der Waals surface area contributed by atoms with Gasteiger partial charge in [-0.1, -0.05) is 6.07 Å². The largest absolute Gasteiger partial charge is 0.506 e. The second-order valence-corrected chi connectivity index (χ2v) is 7.23. The van der Waals surface area contributed by atoms with Gasteiger partial charge in [0.15, 0.2) is 5.78 Å². The number of aryl methyl sites for hydroxylation is 2. The molecule has 0 unspecified atom stereocenters. The lowest BCUT2D eigenvalue weighted by molar-refractivity contribution is -0.122. The summed E-state index contributed by atoms with van der Waals surface area (Å²) < 4.78 is 0. The topological polar surface area (TPSA) is 83.5 Å². The van der Waals surface area contributed by atoms with Crippen LogP contribution in [0.15, 0.2) is 30.3 Å². The number of anilines is 1. The molecule has 6 heteroatoms. The van der Waals surface area contributed by atoms with Gasteiger partial charge in [0.05, 0.1) is 10.6 Å². The van der Waals surface area contributed by atoms with Crippen LogP contribution in [0.5, 0.6) is 5.75 Å². The van der Waals surface area contributed by atoms with Crippen molar-refractivity contribution in [1.29, 1.82) is 0 Å². The van der Waals surface area contributed by atoms with Crippen molar-refractivity contribution in [2.24, 2.45) is 0 Å². The van der Waals surface area contributed by atoms with E-state index < -0.39 is 0 Å². The second kappa shape index (κ2) is 8.58. The summed E-state index contributed by atoms with van der Waals surface area (Å²) in [5.41, 5.74) is 1.24. The van der Waals surface area contributed by atoms with E-state index in [-0.39, 0.29) is 48.9 Å². The van der Waals surface area contributed by atoms with E-state index >= 15 is 0 Å². The Balaban J connectivity index is 1.75. The third-order valence-corrected chi connectivity index (χ3v) is 4.74. The molecule has 0 saturated carbocycles. The summed E-state index contributed by atoms with van der Waals surface area (Å²) in [6.45, 7) is 3.78. The number of nitrogens with one attached hydrogen (secondary N) is 1. The maximum atomic E-state index is 12.0. The van der Waals surface area contributed by atoms with Crippen LogP contribution in [0, 0.1) is 13.8 Å². The normalized spacial score (nSPS) is 10.5. The molecule has 0 aliphatic carbocycles. The maximum Gasteiger partial charge on any atom is 0.224 e. The summed E-state index contributed by atoms with van der Waals surface area (Å²) in [7, 11) is 0. The molecule has 0 aliphatic rings. The molecule has 0 spiro atoms. The minimum atomic E-state index is -0.338. The van der Waals surface area contributed by atoms with Crippen molar-refractivity contribution in [3.8, 4) is 5.75 Å². The Morgan fingerprint density at radius 1 is 1.00 bits per heavy atom. The number of carbonyl (C=O) groups excluding carboxylic acids is 3. The molecule has 0 radical (unpaired) electrons. The van der Waals surface area contributed by atoms with Gasteiger partial charge in [0.2, 0.25) is 5.91 Å². The first-order valence-corrected chi connectivity index (χ1v) is 8.87. The molecule has 5 nitrogen and oxygen atoms in total. The van der Waals surface area contributed by atoms with Gasteiger partial charge in [0.25, 0.3) is 0 Å². The van der Waals surface area contributed by atoms with Gasteiger partial charge in [0, 0.05) is 30.6 Å². The molecule has 2 aromatic rings. The van der Waals surface area contributed by atoms with Crippen LogP contribution in [0.25, 0.3) is 0 Å². The molecule has 0 saturated heterocycles. The van der Waals surface area contributed by atoms with Gasteiger partial charge < -0.3 is 10.4 Å².